The van der Waals surface area contributed by atoms with Crippen molar-refractivity contribution in [3.05, 3.63) is 41.6 Å². The van der Waals surface area contributed by atoms with Crippen molar-refractivity contribution in [3.8, 4) is 0 Å². The molecule has 6 heteroatoms. The minimum atomic E-state index is -0.0458. The fraction of sp³-hybridized carbons (Fsp3) is 0.444. The zero-order valence-electron chi connectivity index (χ0n) is 13.8. The first-order valence-corrected chi connectivity index (χ1v) is 8.04. The molecule has 1 aliphatic carbocycles. The largest absolute Gasteiger partial charge is 0.355 e. The van der Waals surface area contributed by atoms with Crippen molar-refractivity contribution in [2.24, 2.45) is 11.7 Å². The highest BCUT2D eigenvalue weighted by Gasteiger charge is 2.24. The highest BCUT2D eigenvalue weighted by atomic mass is 35.5. The third kappa shape index (κ3) is 4.18. The Morgan fingerprint density at radius 3 is 2.50 bits per heavy atom. The molecule has 24 heavy (non-hydrogen) atoms. The van der Waals surface area contributed by atoms with Gasteiger partial charge < -0.3 is 11.1 Å². The van der Waals surface area contributed by atoms with Crippen LogP contribution in [0, 0.1) is 5.92 Å². The third-order valence-electron chi connectivity index (χ3n) is 4.81. The fourth-order valence-electron chi connectivity index (χ4n) is 3.42. The first-order valence-electron chi connectivity index (χ1n) is 8.04. The topological polar surface area (TPSA) is 68.0 Å². The lowest BCUT2D eigenvalue weighted by atomic mass is 9.80. The van der Waals surface area contributed by atoms with Crippen molar-refractivity contribution in [1.82, 2.24) is 10.3 Å². The van der Waals surface area contributed by atoms with Crippen molar-refractivity contribution in [1.29, 1.82) is 0 Å². The van der Waals surface area contributed by atoms with Crippen LogP contribution in [0.15, 0.2) is 30.3 Å². The molecule has 3 rings (SSSR count). The molecule has 2 aromatic rings. The predicted molar refractivity (Wildman–Crippen MR) is 103 cm³/mol. The number of hydrogen-bond donors (Lipinski definition) is 2. The minimum absolute atomic E-state index is 0. The van der Waals surface area contributed by atoms with Gasteiger partial charge >= 0.3 is 0 Å². The lowest BCUT2D eigenvalue weighted by molar-refractivity contribution is 0.0964. The van der Waals surface area contributed by atoms with Gasteiger partial charge in [0.25, 0.3) is 5.91 Å². The molecule has 0 atom stereocenters. The fourth-order valence-corrected chi connectivity index (χ4v) is 3.42. The number of nitrogens with one attached hydrogen (secondary N) is 1. The molecule has 0 spiro atoms. The number of rotatable bonds is 3. The van der Waals surface area contributed by atoms with E-state index in [2.05, 4.69) is 5.32 Å². The molecule has 4 nitrogen and oxygen atoms in total. The maximum absolute atomic E-state index is 12.2. The number of halogens is 2. The predicted octanol–water partition coefficient (Wildman–Crippen LogP) is 3.67. The third-order valence-corrected chi connectivity index (χ3v) is 4.81. The molecule has 132 valence electrons. The van der Waals surface area contributed by atoms with Crippen LogP contribution in [0.3, 0.4) is 0 Å². The summed E-state index contributed by atoms with van der Waals surface area (Å²) in [4.78, 5) is 17.0. The summed E-state index contributed by atoms with van der Waals surface area (Å²) in [5, 5.41) is 3.65. The van der Waals surface area contributed by atoms with E-state index in [-0.39, 0.29) is 30.7 Å². The molecule has 1 aliphatic rings. The zero-order valence-corrected chi connectivity index (χ0v) is 15.5. The lowest BCUT2D eigenvalue weighted by Gasteiger charge is -2.27. The molecule has 0 radical (unpaired) electrons. The van der Waals surface area contributed by atoms with Crippen LogP contribution in [0.5, 0.6) is 0 Å². The van der Waals surface area contributed by atoms with Crippen LogP contribution in [0.4, 0.5) is 0 Å². The van der Waals surface area contributed by atoms with E-state index in [0.29, 0.717) is 11.8 Å². The van der Waals surface area contributed by atoms with Gasteiger partial charge in [-0.25, -0.2) is 0 Å². The summed E-state index contributed by atoms with van der Waals surface area (Å²) in [6.45, 7) is 0.779. The molecule has 0 bridgehead atoms. The summed E-state index contributed by atoms with van der Waals surface area (Å²) >= 11 is 0. The summed E-state index contributed by atoms with van der Waals surface area (Å²) in [7, 11) is 1.67. The number of amides is 1. The molecule has 3 N–H and O–H groups in total. The maximum Gasteiger partial charge on any atom is 0.251 e. The number of aromatic nitrogens is 1. The van der Waals surface area contributed by atoms with Gasteiger partial charge in [0, 0.05) is 24.0 Å². The second-order valence-electron chi connectivity index (χ2n) is 6.14. The van der Waals surface area contributed by atoms with E-state index in [1.165, 1.54) is 0 Å². The van der Waals surface area contributed by atoms with Gasteiger partial charge in [-0.1, -0.05) is 18.2 Å². The molecular formula is C18H25Cl2N3O. The van der Waals surface area contributed by atoms with E-state index in [4.69, 9.17) is 10.7 Å². The van der Waals surface area contributed by atoms with Gasteiger partial charge in [0.2, 0.25) is 0 Å². The molecule has 1 amide bonds. The summed E-state index contributed by atoms with van der Waals surface area (Å²) in [6.07, 6.45) is 4.54. The first-order chi connectivity index (χ1) is 10.7. The van der Waals surface area contributed by atoms with Crippen LogP contribution >= 0.6 is 24.8 Å². The van der Waals surface area contributed by atoms with Gasteiger partial charge in [0.15, 0.2) is 0 Å². The van der Waals surface area contributed by atoms with E-state index >= 15 is 0 Å². The Kier molecular flexibility index (Phi) is 7.94. The molecule has 1 heterocycles. The Hall–Kier alpha value is -1.36. The Bertz CT molecular complexity index is 685. The molecule has 0 saturated heterocycles. The Labute approximate surface area is 155 Å². The number of nitrogens with zero attached hydrogens (tertiary/aromatic N) is 1. The quantitative estimate of drug-likeness (QED) is 0.866. The molecule has 1 aromatic heterocycles. The van der Waals surface area contributed by atoms with E-state index < -0.39 is 0 Å². The summed E-state index contributed by atoms with van der Waals surface area (Å²) in [6, 6.07) is 9.84. The molecule has 1 aromatic carbocycles. The van der Waals surface area contributed by atoms with Gasteiger partial charge in [-0.05, 0) is 50.3 Å². The second-order valence-corrected chi connectivity index (χ2v) is 6.14. The molecule has 0 aliphatic heterocycles. The number of fused-ring (bicyclic) bond motifs is 1. The van der Waals surface area contributed by atoms with Crippen LogP contribution in [0.25, 0.3) is 10.9 Å². The van der Waals surface area contributed by atoms with Crippen LogP contribution in [0.1, 0.15) is 47.7 Å². The number of pyridine rings is 1. The van der Waals surface area contributed by atoms with Crippen molar-refractivity contribution in [2.75, 3.05) is 13.6 Å². The second kappa shape index (κ2) is 9.21. The van der Waals surface area contributed by atoms with Gasteiger partial charge in [-0.15, -0.1) is 24.8 Å². The summed E-state index contributed by atoms with van der Waals surface area (Å²) < 4.78 is 0. The van der Waals surface area contributed by atoms with E-state index in [1.54, 1.807) is 7.05 Å². The van der Waals surface area contributed by atoms with E-state index in [9.17, 15) is 4.79 Å². The van der Waals surface area contributed by atoms with Crippen molar-refractivity contribution in [2.45, 2.75) is 31.6 Å². The van der Waals surface area contributed by atoms with Crippen LogP contribution < -0.4 is 11.1 Å². The number of para-hydroxylation sites is 1. The highest BCUT2D eigenvalue weighted by Crippen LogP contribution is 2.35. The monoisotopic (exact) mass is 369 g/mol. The van der Waals surface area contributed by atoms with E-state index in [0.717, 1.165) is 54.4 Å². The molecule has 1 fully saturated rings. The SMILES string of the molecule is CNC(=O)c1cc(C2CCC(CN)CC2)nc2ccccc12.Cl.Cl. The van der Waals surface area contributed by atoms with Crippen molar-refractivity contribution in [3.63, 3.8) is 0 Å². The lowest BCUT2D eigenvalue weighted by Crippen LogP contribution is -2.22. The first kappa shape index (κ1) is 20.7. The van der Waals surface area contributed by atoms with Crippen molar-refractivity contribution >= 4 is 41.6 Å². The van der Waals surface area contributed by atoms with Gasteiger partial charge in [-0.3, -0.25) is 9.78 Å². The Balaban J connectivity index is 0.00000144. The normalized spacial score (nSPS) is 19.9. The van der Waals surface area contributed by atoms with Gasteiger partial charge in [0.05, 0.1) is 11.1 Å². The average molecular weight is 370 g/mol. The zero-order chi connectivity index (χ0) is 15.5. The van der Waals surface area contributed by atoms with Crippen LogP contribution in [-0.4, -0.2) is 24.5 Å². The Morgan fingerprint density at radius 1 is 1.21 bits per heavy atom. The summed E-state index contributed by atoms with van der Waals surface area (Å²) in [5.74, 6) is 1.04. The highest BCUT2D eigenvalue weighted by molar-refractivity contribution is 6.06. The van der Waals surface area contributed by atoms with Gasteiger partial charge in [-0.2, -0.15) is 0 Å². The number of hydrogen-bond acceptors (Lipinski definition) is 3. The maximum atomic E-state index is 12.2. The average Bonchev–Trinajstić information content (AvgIpc) is 2.60. The number of nitrogens with two attached hydrogens (primary N) is 1. The van der Waals surface area contributed by atoms with Crippen molar-refractivity contribution < 1.29 is 4.79 Å². The summed E-state index contributed by atoms with van der Waals surface area (Å²) in [5.41, 5.74) is 8.45. The number of carbonyl (C=O) groups is 1. The standard InChI is InChI=1S/C18H23N3O.2ClH/c1-20-18(22)15-10-17(13-8-6-12(11-19)7-9-13)21-16-5-3-2-4-14(15)16;;/h2-5,10,12-13H,6-9,11,19H2,1H3,(H,20,22);2*1H. The number of carbonyl (C=O) groups excluding carboxylic acids is 1. The smallest absolute Gasteiger partial charge is 0.251 e. The van der Waals surface area contributed by atoms with Crippen LogP contribution in [-0.2, 0) is 0 Å². The minimum Gasteiger partial charge on any atom is -0.355 e. The molecule has 0 unspecified atom stereocenters. The molecular weight excluding hydrogens is 345 g/mol. The number of benzene rings is 1. The molecule has 1 saturated carbocycles. The Morgan fingerprint density at radius 2 is 1.88 bits per heavy atom. The van der Waals surface area contributed by atoms with Gasteiger partial charge in [0.1, 0.15) is 0 Å². The van der Waals surface area contributed by atoms with Crippen LogP contribution in [0.2, 0.25) is 0 Å². The van der Waals surface area contributed by atoms with E-state index in [1.807, 2.05) is 30.3 Å².